The zero-order chi connectivity index (χ0) is 15.1. The zero-order valence-electron chi connectivity index (χ0n) is 11.0. The second-order valence-corrected chi connectivity index (χ2v) is 4.60. The molecule has 21 heavy (non-hydrogen) atoms. The smallest absolute Gasteiger partial charge is 0.267 e. The summed E-state index contributed by atoms with van der Waals surface area (Å²) in [6.45, 7) is -0.125. The largest absolute Gasteiger partial charge is 0.271 e. The van der Waals surface area contributed by atoms with Gasteiger partial charge in [0.15, 0.2) is 0 Å². The van der Waals surface area contributed by atoms with Gasteiger partial charge in [-0.25, -0.2) is 5.43 Å². The highest BCUT2D eigenvalue weighted by molar-refractivity contribution is 6.30. The first-order valence-electron chi connectivity index (χ1n) is 6.17. The summed E-state index contributed by atoms with van der Waals surface area (Å²) >= 11 is 5.83. The number of amides is 1. The number of hydrazone groups is 1. The van der Waals surface area contributed by atoms with E-state index in [1.807, 2.05) is 18.2 Å². The summed E-state index contributed by atoms with van der Waals surface area (Å²) < 4.78 is 0. The molecule has 0 radical (unpaired) electrons. The molecule has 2 aromatic rings. The lowest BCUT2D eigenvalue weighted by Gasteiger charge is -2.04. The molecule has 2 aromatic carbocycles. The monoisotopic (exact) mass is 301 g/mol. The van der Waals surface area contributed by atoms with Crippen molar-refractivity contribution in [2.45, 2.75) is 0 Å². The standard InChI is InChI=1S/C15H12ClN3O2/c16-13-8-4-7-12(9-13)15(20)19-18-14(10-17-21)11-5-2-1-3-6-11/h1-9H,10H2,(H,19,20). The van der Waals surface area contributed by atoms with Crippen LogP contribution in [-0.4, -0.2) is 18.2 Å². The molecule has 1 amide bonds. The molecule has 0 atom stereocenters. The second-order valence-electron chi connectivity index (χ2n) is 4.16. The maximum atomic E-state index is 12.0. The third-order valence-electron chi connectivity index (χ3n) is 2.70. The van der Waals surface area contributed by atoms with Crippen LogP contribution in [0.15, 0.2) is 64.9 Å². The average molecular weight is 302 g/mol. The van der Waals surface area contributed by atoms with E-state index >= 15 is 0 Å². The lowest BCUT2D eigenvalue weighted by atomic mass is 10.1. The van der Waals surface area contributed by atoms with Gasteiger partial charge in [0.2, 0.25) is 0 Å². The molecule has 5 nitrogen and oxygen atoms in total. The molecule has 0 saturated carbocycles. The molecular formula is C15H12ClN3O2. The normalized spacial score (nSPS) is 11.0. The van der Waals surface area contributed by atoms with Gasteiger partial charge in [0.1, 0.15) is 6.54 Å². The summed E-state index contributed by atoms with van der Waals surface area (Å²) in [6.07, 6.45) is 0. The Morgan fingerprint density at radius 1 is 1.05 bits per heavy atom. The van der Waals surface area contributed by atoms with E-state index in [-0.39, 0.29) is 6.54 Å². The number of carbonyl (C=O) groups is 1. The molecule has 6 heteroatoms. The van der Waals surface area contributed by atoms with Crippen LogP contribution in [0.4, 0.5) is 0 Å². The lowest BCUT2D eigenvalue weighted by Crippen LogP contribution is -2.21. The summed E-state index contributed by atoms with van der Waals surface area (Å²) in [5, 5.41) is 7.26. The highest BCUT2D eigenvalue weighted by Crippen LogP contribution is 2.10. The number of carbonyl (C=O) groups excluding carboxylic acids is 1. The molecule has 0 aromatic heterocycles. The van der Waals surface area contributed by atoms with E-state index in [9.17, 15) is 9.70 Å². The van der Waals surface area contributed by atoms with E-state index in [1.54, 1.807) is 30.3 Å². The SMILES string of the molecule is O=NCC(=NNC(=O)c1cccc(Cl)c1)c1ccccc1. The molecule has 1 N–H and O–H groups in total. The van der Waals surface area contributed by atoms with Crippen LogP contribution in [0.5, 0.6) is 0 Å². The van der Waals surface area contributed by atoms with Crippen LogP contribution >= 0.6 is 11.6 Å². The van der Waals surface area contributed by atoms with Crippen molar-refractivity contribution in [3.63, 3.8) is 0 Å². The molecule has 0 unspecified atom stereocenters. The van der Waals surface area contributed by atoms with Crippen molar-refractivity contribution in [1.82, 2.24) is 5.43 Å². The van der Waals surface area contributed by atoms with Gasteiger partial charge in [-0.1, -0.05) is 53.2 Å². The van der Waals surface area contributed by atoms with E-state index in [0.29, 0.717) is 16.3 Å². The molecule has 106 valence electrons. The maximum Gasteiger partial charge on any atom is 0.271 e. The van der Waals surface area contributed by atoms with Gasteiger partial charge in [-0.3, -0.25) is 4.79 Å². The van der Waals surface area contributed by atoms with Gasteiger partial charge >= 0.3 is 0 Å². The van der Waals surface area contributed by atoms with Crippen molar-refractivity contribution in [3.8, 4) is 0 Å². The summed E-state index contributed by atoms with van der Waals surface area (Å²) in [4.78, 5) is 22.4. The van der Waals surface area contributed by atoms with Crippen LogP contribution in [0.25, 0.3) is 0 Å². The third-order valence-corrected chi connectivity index (χ3v) is 2.94. The molecule has 0 aliphatic carbocycles. The maximum absolute atomic E-state index is 12.0. The molecule has 0 aliphatic rings. The van der Waals surface area contributed by atoms with Crippen LogP contribution < -0.4 is 5.43 Å². The van der Waals surface area contributed by atoms with E-state index in [4.69, 9.17) is 11.6 Å². The van der Waals surface area contributed by atoms with Crippen LogP contribution in [0, 0.1) is 4.91 Å². The van der Waals surface area contributed by atoms with Crippen molar-refractivity contribution in [2.75, 3.05) is 6.54 Å². The lowest BCUT2D eigenvalue weighted by molar-refractivity contribution is 0.0955. The highest BCUT2D eigenvalue weighted by Gasteiger charge is 2.07. The van der Waals surface area contributed by atoms with Gasteiger partial charge in [-0.15, -0.1) is 0 Å². The van der Waals surface area contributed by atoms with Crippen molar-refractivity contribution >= 4 is 23.2 Å². The summed E-state index contributed by atoms with van der Waals surface area (Å²) in [7, 11) is 0. The number of benzene rings is 2. The summed E-state index contributed by atoms with van der Waals surface area (Å²) in [5.41, 5.74) is 3.90. The Bertz CT molecular complexity index is 672. The van der Waals surface area contributed by atoms with Crippen molar-refractivity contribution < 1.29 is 4.79 Å². The molecule has 0 bridgehead atoms. The van der Waals surface area contributed by atoms with Crippen LogP contribution in [0.1, 0.15) is 15.9 Å². The first kappa shape index (κ1) is 14.9. The van der Waals surface area contributed by atoms with Crippen molar-refractivity contribution in [2.24, 2.45) is 10.3 Å². The fourth-order valence-corrected chi connectivity index (χ4v) is 1.89. The van der Waals surface area contributed by atoms with Gasteiger partial charge in [0.25, 0.3) is 5.91 Å². The minimum Gasteiger partial charge on any atom is -0.267 e. The summed E-state index contributed by atoms with van der Waals surface area (Å²) in [5.74, 6) is -0.406. The summed E-state index contributed by atoms with van der Waals surface area (Å²) in [6, 6.07) is 15.6. The van der Waals surface area contributed by atoms with E-state index in [0.717, 1.165) is 5.56 Å². The van der Waals surface area contributed by atoms with Gasteiger partial charge in [0.05, 0.1) is 5.71 Å². The van der Waals surface area contributed by atoms with E-state index in [2.05, 4.69) is 15.7 Å². The number of rotatable bonds is 5. The zero-order valence-corrected chi connectivity index (χ0v) is 11.7. The molecule has 2 rings (SSSR count). The fourth-order valence-electron chi connectivity index (χ4n) is 1.70. The molecule has 0 fully saturated rings. The number of halogens is 1. The third kappa shape index (κ3) is 4.22. The molecule has 0 heterocycles. The highest BCUT2D eigenvalue weighted by atomic mass is 35.5. The number of nitrogens with one attached hydrogen (secondary N) is 1. The predicted molar refractivity (Wildman–Crippen MR) is 82.6 cm³/mol. The van der Waals surface area contributed by atoms with Gasteiger partial charge in [0, 0.05) is 10.6 Å². The Labute approximate surface area is 126 Å². The molecule has 0 saturated heterocycles. The number of nitrogens with zero attached hydrogens (tertiary/aromatic N) is 2. The molecular weight excluding hydrogens is 290 g/mol. The predicted octanol–water partition coefficient (Wildman–Crippen LogP) is 3.24. The van der Waals surface area contributed by atoms with Crippen LogP contribution in [0.3, 0.4) is 0 Å². The van der Waals surface area contributed by atoms with Gasteiger partial charge in [-0.05, 0) is 23.8 Å². The van der Waals surface area contributed by atoms with E-state index in [1.165, 1.54) is 6.07 Å². The molecule has 0 aliphatic heterocycles. The Balaban J connectivity index is 2.16. The Morgan fingerprint density at radius 2 is 1.76 bits per heavy atom. The Hall–Kier alpha value is -2.53. The first-order valence-corrected chi connectivity index (χ1v) is 6.55. The number of hydrogen-bond donors (Lipinski definition) is 1. The second kappa shape index (κ2) is 7.31. The van der Waals surface area contributed by atoms with Crippen LogP contribution in [0.2, 0.25) is 5.02 Å². The van der Waals surface area contributed by atoms with Gasteiger partial charge in [-0.2, -0.15) is 10.0 Å². The Kier molecular flexibility index (Phi) is 5.17. The number of hydrogen-bond acceptors (Lipinski definition) is 4. The first-order chi connectivity index (χ1) is 10.2. The fraction of sp³-hybridized carbons (Fsp3) is 0.0667. The van der Waals surface area contributed by atoms with E-state index < -0.39 is 5.91 Å². The minimum atomic E-state index is -0.406. The number of nitroso groups, excluding NO2 is 1. The molecule has 0 spiro atoms. The van der Waals surface area contributed by atoms with Crippen LogP contribution in [-0.2, 0) is 0 Å². The quantitative estimate of drug-likeness (QED) is 0.523. The Morgan fingerprint density at radius 3 is 2.43 bits per heavy atom. The van der Waals surface area contributed by atoms with Crippen molar-refractivity contribution in [3.05, 3.63) is 75.7 Å². The van der Waals surface area contributed by atoms with Crippen molar-refractivity contribution in [1.29, 1.82) is 0 Å². The topological polar surface area (TPSA) is 70.9 Å². The minimum absolute atomic E-state index is 0.125. The average Bonchev–Trinajstić information content (AvgIpc) is 2.52. The van der Waals surface area contributed by atoms with Gasteiger partial charge < -0.3 is 0 Å².